The summed E-state index contributed by atoms with van der Waals surface area (Å²) in [5.41, 5.74) is 6.03. The summed E-state index contributed by atoms with van der Waals surface area (Å²) in [6, 6.07) is 12.2. The predicted molar refractivity (Wildman–Crippen MR) is 160 cm³/mol. The minimum atomic E-state index is -0.749. The van der Waals surface area contributed by atoms with Crippen LogP contribution in [-0.4, -0.2) is 76.2 Å². The maximum absolute atomic E-state index is 13.6. The van der Waals surface area contributed by atoms with Gasteiger partial charge in [-0.15, -0.1) is 0 Å². The number of carboxylic acids is 1. The smallest absolute Gasteiger partial charge is 0.320 e. The monoisotopic (exact) mass is 546 g/mol. The Labute approximate surface area is 239 Å². The predicted octanol–water partition coefficient (Wildman–Crippen LogP) is 5.29. The number of fused-ring (bicyclic) bond motifs is 1. The molecule has 2 aromatic rings. The molecule has 0 aromatic heterocycles. The van der Waals surface area contributed by atoms with Crippen molar-refractivity contribution in [3.63, 3.8) is 0 Å². The fourth-order valence-electron chi connectivity index (χ4n) is 5.71. The number of hydrogen-bond acceptors (Lipinski definition) is 5. The quantitative estimate of drug-likeness (QED) is 0.438. The number of benzene rings is 2. The number of nitrogens with zero attached hydrogens (tertiary/aromatic N) is 3. The van der Waals surface area contributed by atoms with Gasteiger partial charge >= 0.3 is 5.97 Å². The van der Waals surface area contributed by atoms with Gasteiger partial charge in [-0.3, -0.25) is 24.8 Å². The van der Waals surface area contributed by atoms with Gasteiger partial charge in [-0.1, -0.05) is 66.7 Å². The zero-order chi connectivity index (χ0) is 29.4. The fraction of sp³-hybridized carbons (Fsp3) is 0.545. The molecule has 1 saturated heterocycles. The number of Topliss-reactive ketones (excluding diaryl/α,β-unsaturated/α-hetero) is 1. The van der Waals surface area contributed by atoms with Crippen molar-refractivity contribution < 1.29 is 14.7 Å². The molecule has 2 aliphatic rings. The average molecular weight is 547 g/mol. The zero-order valence-corrected chi connectivity index (χ0v) is 25.3. The minimum Gasteiger partial charge on any atom is -0.480 e. The number of carbonyl (C=O) groups excluding carboxylic acids is 1. The van der Waals surface area contributed by atoms with Gasteiger partial charge in [0.1, 0.15) is 11.9 Å². The van der Waals surface area contributed by atoms with Crippen molar-refractivity contribution in [3.05, 3.63) is 69.8 Å². The second-order valence-electron chi connectivity index (χ2n) is 13.5. The normalized spacial score (nSPS) is 17.7. The lowest BCUT2D eigenvalue weighted by atomic mass is 9.84. The number of amidine groups is 1. The third-order valence-corrected chi connectivity index (χ3v) is 8.35. The van der Waals surface area contributed by atoms with E-state index in [0.717, 1.165) is 55.0 Å². The number of hydrogen-bond donors (Lipinski definition) is 2. The first-order valence-electron chi connectivity index (χ1n) is 14.5. The summed E-state index contributed by atoms with van der Waals surface area (Å²) in [5.74, 6) is -0.301. The van der Waals surface area contributed by atoms with Gasteiger partial charge < -0.3 is 10.0 Å². The van der Waals surface area contributed by atoms with Crippen LogP contribution in [-0.2, 0) is 28.7 Å². The van der Waals surface area contributed by atoms with Crippen LogP contribution in [0.15, 0.2) is 36.4 Å². The molecule has 7 nitrogen and oxygen atoms in total. The molecule has 0 bridgehead atoms. The molecule has 2 heterocycles. The Kier molecular flexibility index (Phi) is 8.57. The van der Waals surface area contributed by atoms with Crippen LogP contribution in [0.3, 0.4) is 0 Å². The zero-order valence-electron chi connectivity index (χ0n) is 25.3. The van der Waals surface area contributed by atoms with Gasteiger partial charge in [-0.25, -0.2) is 0 Å². The van der Waals surface area contributed by atoms with E-state index in [9.17, 15) is 14.7 Å². The number of piperazine rings is 1. The minimum absolute atomic E-state index is 0.00293. The van der Waals surface area contributed by atoms with Gasteiger partial charge in [0.15, 0.2) is 5.78 Å². The highest BCUT2D eigenvalue weighted by molar-refractivity contribution is 6.05. The lowest BCUT2D eigenvalue weighted by molar-refractivity contribution is -0.144. The largest absolute Gasteiger partial charge is 0.480 e. The fourth-order valence-corrected chi connectivity index (χ4v) is 5.71. The second kappa shape index (κ2) is 11.5. The SMILES string of the molecule is CCC(C(=O)O)N1CCN(Cc2cc(C(=O)CN3Cc4ccc(C(C)(C)C)cc4C3=N)cc(C(C)(C)C)c2)CC1. The highest BCUT2D eigenvalue weighted by atomic mass is 16.4. The van der Waals surface area contributed by atoms with E-state index in [1.54, 1.807) is 0 Å². The van der Waals surface area contributed by atoms with Gasteiger partial charge in [0, 0.05) is 50.4 Å². The highest BCUT2D eigenvalue weighted by Crippen LogP contribution is 2.30. The van der Waals surface area contributed by atoms with Crippen LogP contribution < -0.4 is 0 Å². The molecule has 2 N–H and O–H groups in total. The van der Waals surface area contributed by atoms with Gasteiger partial charge in [0.25, 0.3) is 0 Å². The van der Waals surface area contributed by atoms with E-state index in [0.29, 0.717) is 24.4 Å². The van der Waals surface area contributed by atoms with E-state index in [1.807, 2.05) is 24.0 Å². The maximum Gasteiger partial charge on any atom is 0.320 e. The van der Waals surface area contributed by atoms with Crippen LogP contribution >= 0.6 is 0 Å². The molecule has 2 aromatic carbocycles. The molecule has 216 valence electrons. The summed E-state index contributed by atoms with van der Waals surface area (Å²) in [4.78, 5) is 31.5. The summed E-state index contributed by atoms with van der Waals surface area (Å²) in [6.45, 7) is 19.5. The van der Waals surface area contributed by atoms with Crippen LogP contribution in [0, 0.1) is 5.41 Å². The van der Waals surface area contributed by atoms with E-state index in [1.165, 1.54) is 5.56 Å². The first-order valence-corrected chi connectivity index (χ1v) is 14.5. The van der Waals surface area contributed by atoms with Crippen LogP contribution in [0.2, 0.25) is 0 Å². The first kappa shape index (κ1) is 29.9. The Hall–Kier alpha value is -3.03. The van der Waals surface area contributed by atoms with Crippen LogP contribution in [0.4, 0.5) is 0 Å². The Morgan fingerprint density at radius 1 is 0.925 bits per heavy atom. The Morgan fingerprint density at radius 3 is 2.15 bits per heavy atom. The van der Waals surface area contributed by atoms with Crippen molar-refractivity contribution in [2.75, 3.05) is 32.7 Å². The van der Waals surface area contributed by atoms with E-state index >= 15 is 0 Å². The summed E-state index contributed by atoms with van der Waals surface area (Å²) in [7, 11) is 0. The molecule has 4 rings (SSSR count). The number of ketones is 1. The van der Waals surface area contributed by atoms with E-state index in [4.69, 9.17) is 5.41 Å². The number of aliphatic carboxylic acids is 1. The Bertz CT molecular complexity index is 1280. The molecule has 1 atom stereocenters. The molecule has 7 heteroatoms. The third kappa shape index (κ3) is 6.64. The van der Waals surface area contributed by atoms with Gasteiger partial charge in [-0.2, -0.15) is 0 Å². The molecule has 0 radical (unpaired) electrons. The topological polar surface area (TPSA) is 87.9 Å². The highest BCUT2D eigenvalue weighted by Gasteiger charge is 2.30. The van der Waals surface area contributed by atoms with E-state index in [2.05, 4.69) is 75.6 Å². The maximum atomic E-state index is 13.6. The molecule has 0 amide bonds. The molecule has 2 aliphatic heterocycles. The van der Waals surface area contributed by atoms with Crippen LogP contribution in [0.25, 0.3) is 0 Å². The second-order valence-corrected chi connectivity index (χ2v) is 13.5. The van der Waals surface area contributed by atoms with Crippen LogP contribution in [0.5, 0.6) is 0 Å². The van der Waals surface area contributed by atoms with Gasteiger partial charge in [-0.05, 0) is 57.7 Å². The molecule has 0 saturated carbocycles. The summed E-state index contributed by atoms with van der Waals surface area (Å²) in [6.07, 6.45) is 0.603. The van der Waals surface area contributed by atoms with Crippen molar-refractivity contribution in [1.29, 1.82) is 5.41 Å². The summed E-state index contributed by atoms with van der Waals surface area (Å²) >= 11 is 0. The van der Waals surface area contributed by atoms with Crippen molar-refractivity contribution in [3.8, 4) is 0 Å². The molecule has 40 heavy (non-hydrogen) atoms. The van der Waals surface area contributed by atoms with Gasteiger partial charge in [0.05, 0.1) is 6.54 Å². The van der Waals surface area contributed by atoms with Gasteiger partial charge in [0.2, 0.25) is 0 Å². The van der Waals surface area contributed by atoms with Crippen molar-refractivity contribution in [2.24, 2.45) is 0 Å². The molecule has 0 aliphatic carbocycles. The molecule has 1 fully saturated rings. The summed E-state index contributed by atoms with van der Waals surface area (Å²) < 4.78 is 0. The van der Waals surface area contributed by atoms with Crippen LogP contribution in [0.1, 0.15) is 93.1 Å². The number of rotatable bonds is 8. The van der Waals surface area contributed by atoms with E-state index < -0.39 is 12.0 Å². The third-order valence-electron chi connectivity index (χ3n) is 8.35. The molecular formula is C33H46N4O3. The number of carboxylic acid groups (broad SMARTS) is 1. The standard InChI is InChI=1S/C33H46N4O3/c1-8-28(31(39)40)36-13-11-35(12-14-36)19-22-15-24(17-26(16-22)33(5,6)7)29(38)21-37-20-23-9-10-25(32(2,3)4)18-27(23)30(37)34/h9-10,15-18,28,34H,8,11-14,19-21H2,1-7H3,(H,39,40). The molecular weight excluding hydrogens is 500 g/mol. The van der Waals surface area contributed by atoms with E-state index in [-0.39, 0.29) is 23.2 Å². The Morgan fingerprint density at radius 2 is 1.57 bits per heavy atom. The number of nitrogens with one attached hydrogen (secondary N) is 1. The number of carbonyl (C=O) groups is 2. The van der Waals surface area contributed by atoms with Crippen molar-refractivity contribution in [2.45, 2.75) is 84.8 Å². The lowest BCUT2D eigenvalue weighted by Crippen LogP contribution is -2.52. The average Bonchev–Trinajstić information content (AvgIpc) is 3.18. The van der Waals surface area contributed by atoms with Crippen molar-refractivity contribution >= 4 is 17.6 Å². The summed E-state index contributed by atoms with van der Waals surface area (Å²) in [5, 5.41) is 18.3. The Balaban J connectivity index is 1.49. The molecule has 1 unspecified atom stereocenters. The first-order chi connectivity index (χ1) is 18.7. The lowest BCUT2D eigenvalue weighted by Gasteiger charge is -2.37. The molecule has 0 spiro atoms. The van der Waals surface area contributed by atoms with Crippen molar-refractivity contribution in [1.82, 2.24) is 14.7 Å².